The fourth-order valence-corrected chi connectivity index (χ4v) is 3.63. The van der Waals surface area contributed by atoms with E-state index < -0.39 is 0 Å². The first kappa shape index (κ1) is 18.1. The number of ether oxygens (including phenoxy) is 1. The number of thiazole rings is 1. The highest BCUT2D eigenvalue weighted by Crippen LogP contribution is 2.28. The van der Waals surface area contributed by atoms with Gasteiger partial charge in [0, 0.05) is 22.5 Å². The SMILES string of the molecule is COc1ccccc1CNC(=O)Cc1sc(-c2ccc(F)cc2)nc1C. The Hall–Kier alpha value is -2.73. The smallest absolute Gasteiger partial charge is 0.225 e. The van der Waals surface area contributed by atoms with Crippen LogP contribution in [0.5, 0.6) is 5.75 Å². The van der Waals surface area contributed by atoms with E-state index >= 15 is 0 Å². The van der Waals surface area contributed by atoms with Crippen LogP contribution in [0.3, 0.4) is 0 Å². The van der Waals surface area contributed by atoms with Crippen molar-refractivity contribution in [3.8, 4) is 16.3 Å². The normalized spacial score (nSPS) is 10.6. The largest absolute Gasteiger partial charge is 0.496 e. The van der Waals surface area contributed by atoms with Crippen molar-refractivity contribution in [2.75, 3.05) is 7.11 Å². The van der Waals surface area contributed by atoms with Gasteiger partial charge in [0.05, 0.1) is 19.2 Å². The van der Waals surface area contributed by atoms with Crippen LogP contribution in [0.25, 0.3) is 10.6 Å². The van der Waals surface area contributed by atoms with E-state index in [0.717, 1.165) is 32.5 Å². The molecule has 0 bridgehead atoms. The van der Waals surface area contributed by atoms with E-state index in [1.807, 2.05) is 31.2 Å². The van der Waals surface area contributed by atoms with Crippen LogP contribution in [0.4, 0.5) is 4.39 Å². The zero-order valence-electron chi connectivity index (χ0n) is 14.6. The average molecular weight is 370 g/mol. The Morgan fingerprint density at radius 2 is 1.92 bits per heavy atom. The van der Waals surface area contributed by atoms with Crippen LogP contribution < -0.4 is 10.1 Å². The van der Waals surface area contributed by atoms with Gasteiger partial charge in [-0.3, -0.25) is 4.79 Å². The minimum Gasteiger partial charge on any atom is -0.496 e. The van der Waals surface area contributed by atoms with Crippen molar-refractivity contribution >= 4 is 17.2 Å². The number of hydrogen-bond acceptors (Lipinski definition) is 4. The van der Waals surface area contributed by atoms with E-state index in [4.69, 9.17) is 4.74 Å². The summed E-state index contributed by atoms with van der Waals surface area (Å²) in [4.78, 5) is 17.7. The standard InChI is InChI=1S/C20H19FN2O2S/c1-13-18(26-20(23-13)14-7-9-16(21)10-8-14)11-19(24)22-12-15-5-3-4-6-17(15)25-2/h3-10H,11-12H2,1-2H3,(H,22,24). The number of aromatic nitrogens is 1. The lowest BCUT2D eigenvalue weighted by atomic mass is 10.2. The molecule has 4 nitrogen and oxygen atoms in total. The first-order valence-corrected chi connectivity index (χ1v) is 8.99. The van der Waals surface area contributed by atoms with Crippen LogP contribution in [0.2, 0.25) is 0 Å². The van der Waals surface area contributed by atoms with Crippen LogP contribution in [-0.4, -0.2) is 18.0 Å². The number of hydrogen-bond donors (Lipinski definition) is 1. The minimum absolute atomic E-state index is 0.0756. The maximum absolute atomic E-state index is 13.1. The summed E-state index contributed by atoms with van der Waals surface area (Å²) in [6.45, 7) is 2.29. The third kappa shape index (κ3) is 4.26. The predicted octanol–water partition coefficient (Wildman–Crippen LogP) is 4.13. The quantitative estimate of drug-likeness (QED) is 0.710. The number of carbonyl (C=O) groups is 1. The van der Waals surface area contributed by atoms with Crippen molar-refractivity contribution in [1.29, 1.82) is 0 Å². The van der Waals surface area contributed by atoms with Gasteiger partial charge < -0.3 is 10.1 Å². The number of carbonyl (C=O) groups excluding carboxylic acids is 1. The molecule has 0 aliphatic carbocycles. The van der Waals surface area contributed by atoms with Crippen molar-refractivity contribution in [3.05, 3.63) is 70.5 Å². The molecule has 0 aliphatic rings. The summed E-state index contributed by atoms with van der Waals surface area (Å²) in [6.07, 6.45) is 0.264. The summed E-state index contributed by atoms with van der Waals surface area (Å²) < 4.78 is 18.3. The topological polar surface area (TPSA) is 51.2 Å². The monoisotopic (exact) mass is 370 g/mol. The Kier molecular flexibility index (Phi) is 5.63. The number of rotatable bonds is 6. The minimum atomic E-state index is -0.280. The molecule has 0 aliphatic heterocycles. The average Bonchev–Trinajstić information content (AvgIpc) is 3.01. The molecular weight excluding hydrogens is 351 g/mol. The number of aryl methyl sites for hydroxylation is 1. The fourth-order valence-electron chi connectivity index (χ4n) is 2.56. The number of halogens is 1. The summed E-state index contributed by atoms with van der Waals surface area (Å²) in [7, 11) is 1.61. The summed E-state index contributed by atoms with van der Waals surface area (Å²) >= 11 is 1.46. The van der Waals surface area contributed by atoms with Crippen LogP contribution in [-0.2, 0) is 17.8 Å². The zero-order valence-corrected chi connectivity index (χ0v) is 15.4. The number of para-hydroxylation sites is 1. The van der Waals surface area contributed by atoms with Gasteiger partial charge >= 0.3 is 0 Å². The highest BCUT2D eigenvalue weighted by molar-refractivity contribution is 7.15. The van der Waals surface area contributed by atoms with Crippen LogP contribution in [0, 0.1) is 12.7 Å². The Bertz CT molecular complexity index is 906. The summed E-state index contributed by atoms with van der Waals surface area (Å²) in [5.41, 5.74) is 2.60. The molecule has 134 valence electrons. The molecule has 0 atom stereocenters. The van der Waals surface area contributed by atoms with Crippen LogP contribution in [0.15, 0.2) is 48.5 Å². The molecular formula is C20H19FN2O2S. The molecule has 1 amide bonds. The molecule has 0 saturated heterocycles. The van der Waals surface area contributed by atoms with Crippen molar-refractivity contribution in [2.45, 2.75) is 19.9 Å². The van der Waals surface area contributed by atoms with Gasteiger partial charge in [0.2, 0.25) is 5.91 Å². The molecule has 0 saturated carbocycles. The third-order valence-corrected chi connectivity index (χ3v) is 5.18. The molecule has 2 aromatic carbocycles. The van der Waals surface area contributed by atoms with E-state index in [9.17, 15) is 9.18 Å². The number of amides is 1. The van der Waals surface area contributed by atoms with Crippen molar-refractivity contribution in [1.82, 2.24) is 10.3 Å². The third-order valence-electron chi connectivity index (χ3n) is 3.97. The van der Waals surface area contributed by atoms with Gasteiger partial charge in [0.25, 0.3) is 0 Å². The van der Waals surface area contributed by atoms with E-state index in [-0.39, 0.29) is 18.1 Å². The molecule has 0 fully saturated rings. The predicted molar refractivity (Wildman–Crippen MR) is 101 cm³/mol. The molecule has 26 heavy (non-hydrogen) atoms. The molecule has 0 unspecified atom stereocenters. The Balaban J connectivity index is 1.65. The van der Waals surface area contributed by atoms with E-state index in [0.29, 0.717) is 6.54 Å². The lowest BCUT2D eigenvalue weighted by molar-refractivity contribution is -0.120. The zero-order chi connectivity index (χ0) is 18.5. The molecule has 0 spiro atoms. The molecule has 6 heteroatoms. The molecule has 1 aromatic heterocycles. The number of nitrogens with zero attached hydrogens (tertiary/aromatic N) is 1. The summed E-state index contributed by atoms with van der Waals surface area (Å²) in [5, 5.41) is 3.70. The van der Waals surface area contributed by atoms with E-state index in [1.165, 1.54) is 23.5 Å². The lowest BCUT2D eigenvalue weighted by Crippen LogP contribution is -2.24. The second kappa shape index (κ2) is 8.10. The first-order valence-electron chi connectivity index (χ1n) is 8.17. The number of nitrogens with one attached hydrogen (secondary N) is 1. The first-order chi connectivity index (χ1) is 12.6. The van der Waals surface area contributed by atoms with Gasteiger partial charge in [-0.1, -0.05) is 18.2 Å². The van der Waals surface area contributed by atoms with Gasteiger partial charge in [-0.15, -0.1) is 11.3 Å². The Labute approximate surface area is 155 Å². The molecule has 0 radical (unpaired) electrons. The van der Waals surface area contributed by atoms with Gasteiger partial charge in [-0.05, 0) is 37.3 Å². The van der Waals surface area contributed by atoms with Gasteiger partial charge in [-0.25, -0.2) is 9.37 Å². The lowest BCUT2D eigenvalue weighted by Gasteiger charge is -2.09. The van der Waals surface area contributed by atoms with Crippen LogP contribution in [0.1, 0.15) is 16.1 Å². The van der Waals surface area contributed by atoms with E-state index in [2.05, 4.69) is 10.3 Å². The second-order valence-electron chi connectivity index (χ2n) is 5.80. The highest BCUT2D eigenvalue weighted by atomic mass is 32.1. The maximum Gasteiger partial charge on any atom is 0.225 e. The number of benzene rings is 2. The van der Waals surface area contributed by atoms with Gasteiger partial charge in [-0.2, -0.15) is 0 Å². The van der Waals surface area contributed by atoms with Crippen LogP contribution >= 0.6 is 11.3 Å². The van der Waals surface area contributed by atoms with Crippen molar-refractivity contribution in [2.24, 2.45) is 0 Å². The Morgan fingerprint density at radius 3 is 2.65 bits per heavy atom. The second-order valence-corrected chi connectivity index (χ2v) is 6.88. The van der Waals surface area contributed by atoms with Gasteiger partial charge in [0.1, 0.15) is 16.6 Å². The number of methoxy groups -OCH3 is 1. The maximum atomic E-state index is 13.1. The highest BCUT2D eigenvalue weighted by Gasteiger charge is 2.13. The molecule has 1 heterocycles. The molecule has 3 rings (SSSR count). The van der Waals surface area contributed by atoms with Gasteiger partial charge in [0.15, 0.2) is 0 Å². The molecule has 3 aromatic rings. The molecule has 1 N–H and O–H groups in total. The summed E-state index contributed by atoms with van der Waals surface area (Å²) in [6, 6.07) is 13.8. The fraction of sp³-hybridized carbons (Fsp3) is 0.200. The van der Waals surface area contributed by atoms with E-state index in [1.54, 1.807) is 19.2 Å². The Morgan fingerprint density at radius 1 is 1.19 bits per heavy atom. The van der Waals surface area contributed by atoms with Crippen molar-refractivity contribution in [3.63, 3.8) is 0 Å². The summed E-state index contributed by atoms with van der Waals surface area (Å²) in [5.74, 6) is 0.395. The van der Waals surface area contributed by atoms with Crippen molar-refractivity contribution < 1.29 is 13.9 Å².